The molecule has 27 heavy (non-hydrogen) atoms. The van der Waals surface area contributed by atoms with Crippen LogP contribution >= 0.6 is 0 Å². The fraction of sp³-hybridized carbons (Fsp3) is 0.238. The summed E-state index contributed by atoms with van der Waals surface area (Å²) in [5.74, 6) is -1.32. The summed E-state index contributed by atoms with van der Waals surface area (Å²) in [5.41, 5.74) is 1.62. The van der Waals surface area contributed by atoms with Crippen LogP contribution in [-0.4, -0.2) is 36.2 Å². The number of Topliss-reactive ketones (excluding diaryl/α,β-unsaturated/α-hetero) is 2. The third-order valence-corrected chi connectivity index (χ3v) is 3.81. The molecule has 0 saturated heterocycles. The first-order chi connectivity index (χ1) is 12.8. The monoisotopic (exact) mass is 368 g/mol. The molecule has 6 nitrogen and oxygen atoms in total. The van der Waals surface area contributed by atoms with Gasteiger partial charge in [0.05, 0.1) is 11.1 Å². The van der Waals surface area contributed by atoms with Crippen molar-refractivity contribution in [2.24, 2.45) is 0 Å². The van der Waals surface area contributed by atoms with E-state index in [1.807, 2.05) is 0 Å². The summed E-state index contributed by atoms with van der Waals surface area (Å²) in [7, 11) is 0. The molecule has 140 valence electrons. The highest BCUT2D eigenvalue weighted by Crippen LogP contribution is 2.10. The second kappa shape index (κ2) is 8.89. The van der Waals surface area contributed by atoms with E-state index in [4.69, 9.17) is 9.47 Å². The highest BCUT2D eigenvalue weighted by Gasteiger charge is 2.15. The number of hydrogen-bond donors (Lipinski definition) is 0. The fourth-order valence-electron chi connectivity index (χ4n) is 2.24. The van der Waals surface area contributed by atoms with Gasteiger partial charge < -0.3 is 9.47 Å². The zero-order chi connectivity index (χ0) is 20.0. The lowest BCUT2D eigenvalue weighted by molar-refractivity contribution is 0.00448. The molecule has 2 aromatic carbocycles. The predicted molar refractivity (Wildman–Crippen MR) is 98.1 cm³/mol. The molecule has 0 fully saturated rings. The van der Waals surface area contributed by atoms with Gasteiger partial charge in [0, 0.05) is 11.1 Å². The Kier molecular flexibility index (Phi) is 6.60. The molecule has 0 N–H and O–H groups in total. The maximum atomic E-state index is 12.1. The van der Waals surface area contributed by atoms with Crippen molar-refractivity contribution in [3.63, 3.8) is 0 Å². The molecule has 2 rings (SSSR count). The van der Waals surface area contributed by atoms with Crippen molar-refractivity contribution < 1.29 is 28.7 Å². The van der Waals surface area contributed by atoms with Crippen molar-refractivity contribution in [3.8, 4) is 0 Å². The second-order valence-electron chi connectivity index (χ2n) is 6.08. The van der Waals surface area contributed by atoms with Crippen LogP contribution in [0.5, 0.6) is 0 Å². The van der Waals surface area contributed by atoms with E-state index in [1.165, 1.54) is 38.1 Å². The van der Waals surface area contributed by atoms with Crippen molar-refractivity contribution in [3.05, 3.63) is 70.8 Å². The van der Waals surface area contributed by atoms with Gasteiger partial charge in [-0.2, -0.15) is 0 Å². The topological polar surface area (TPSA) is 86.7 Å². The molecule has 0 amide bonds. The Balaban J connectivity index is 1.86. The number of hydrogen-bond acceptors (Lipinski definition) is 6. The van der Waals surface area contributed by atoms with Crippen LogP contribution in [0.1, 0.15) is 62.2 Å². The molecule has 0 aliphatic heterocycles. The summed E-state index contributed by atoms with van der Waals surface area (Å²) in [6, 6.07) is 12.2. The summed E-state index contributed by atoms with van der Waals surface area (Å²) in [5, 5.41) is 0. The van der Waals surface area contributed by atoms with Gasteiger partial charge in [-0.15, -0.1) is 0 Å². The average molecular weight is 368 g/mol. The smallest absolute Gasteiger partial charge is 0.338 e. The number of esters is 2. The van der Waals surface area contributed by atoms with Crippen molar-refractivity contribution >= 4 is 23.5 Å². The summed E-state index contributed by atoms with van der Waals surface area (Å²) in [6.07, 6.45) is -0.648. The van der Waals surface area contributed by atoms with E-state index >= 15 is 0 Å². The molecular weight excluding hydrogens is 348 g/mol. The maximum Gasteiger partial charge on any atom is 0.338 e. The molecule has 2 aromatic rings. The van der Waals surface area contributed by atoms with E-state index in [0.29, 0.717) is 22.3 Å². The summed E-state index contributed by atoms with van der Waals surface area (Å²) in [6.45, 7) is 4.38. The van der Waals surface area contributed by atoms with Crippen LogP contribution < -0.4 is 0 Å². The Morgan fingerprint density at radius 1 is 0.704 bits per heavy atom. The van der Waals surface area contributed by atoms with Gasteiger partial charge in [-0.05, 0) is 45.0 Å². The molecule has 0 aliphatic carbocycles. The number of rotatable bonds is 7. The second-order valence-corrected chi connectivity index (χ2v) is 6.08. The molecule has 0 spiro atoms. The highest BCUT2D eigenvalue weighted by molar-refractivity contribution is 5.96. The lowest BCUT2D eigenvalue weighted by Crippen LogP contribution is -2.22. The minimum Gasteiger partial charge on any atom is -0.458 e. The third kappa shape index (κ3) is 5.60. The van der Waals surface area contributed by atoms with Gasteiger partial charge in [0.1, 0.15) is 12.7 Å². The quantitative estimate of drug-likeness (QED) is 0.549. The van der Waals surface area contributed by atoms with E-state index in [-0.39, 0.29) is 18.2 Å². The Bertz CT molecular complexity index is 849. The molecule has 1 unspecified atom stereocenters. The van der Waals surface area contributed by atoms with Crippen molar-refractivity contribution in [2.75, 3.05) is 6.61 Å². The minimum atomic E-state index is -0.648. The zero-order valence-electron chi connectivity index (χ0n) is 15.4. The number of carbonyl (C=O) groups is 4. The van der Waals surface area contributed by atoms with E-state index in [0.717, 1.165) is 0 Å². The maximum absolute atomic E-state index is 12.1. The first-order valence-corrected chi connectivity index (χ1v) is 8.38. The van der Waals surface area contributed by atoms with Crippen LogP contribution in [-0.2, 0) is 9.47 Å². The molecule has 0 saturated carbocycles. The summed E-state index contributed by atoms with van der Waals surface area (Å²) in [4.78, 5) is 46.6. The molecule has 1 atom stereocenters. The molecular formula is C21H20O6. The van der Waals surface area contributed by atoms with Gasteiger partial charge >= 0.3 is 11.9 Å². The number of ether oxygens (including phenoxy) is 2. The summed E-state index contributed by atoms with van der Waals surface area (Å²) >= 11 is 0. The van der Waals surface area contributed by atoms with Crippen molar-refractivity contribution in [1.82, 2.24) is 0 Å². The van der Waals surface area contributed by atoms with E-state index in [2.05, 4.69) is 0 Å². The largest absolute Gasteiger partial charge is 0.458 e. The molecule has 0 bridgehead atoms. The van der Waals surface area contributed by atoms with E-state index < -0.39 is 18.0 Å². The Morgan fingerprint density at radius 3 is 1.48 bits per heavy atom. The average Bonchev–Trinajstić information content (AvgIpc) is 2.66. The lowest BCUT2D eigenvalue weighted by atomic mass is 10.1. The van der Waals surface area contributed by atoms with Crippen molar-refractivity contribution in [1.29, 1.82) is 0 Å². The molecule has 6 heteroatoms. The Hall–Kier alpha value is -3.28. The van der Waals surface area contributed by atoms with Gasteiger partial charge in [-0.1, -0.05) is 24.3 Å². The first-order valence-electron chi connectivity index (χ1n) is 8.38. The molecule has 0 heterocycles. The van der Waals surface area contributed by atoms with E-state index in [9.17, 15) is 19.2 Å². The van der Waals surface area contributed by atoms with Crippen LogP contribution in [0.4, 0.5) is 0 Å². The Labute approximate surface area is 157 Å². The third-order valence-electron chi connectivity index (χ3n) is 3.81. The van der Waals surface area contributed by atoms with Crippen LogP contribution in [0.15, 0.2) is 48.5 Å². The van der Waals surface area contributed by atoms with Crippen molar-refractivity contribution in [2.45, 2.75) is 26.9 Å². The number of benzene rings is 2. The van der Waals surface area contributed by atoms with Gasteiger partial charge in [0.15, 0.2) is 11.6 Å². The molecule has 0 radical (unpaired) electrons. The van der Waals surface area contributed by atoms with Crippen LogP contribution in [0.3, 0.4) is 0 Å². The van der Waals surface area contributed by atoms with E-state index in [1.54, 1.807) is 31.2 Å². The van der Waals surface area contributed by atoms with Crippen LogP contribution in [0.2, 0.25) is 0 Å². The fourth-order valence-corrected chi connectivity index (χ4v) is 2.24. The first kappa shape index (κ1) is 20.0. The Morgan fingerprint density at radius 2 is 1.07 bits per heavy atom. The highest BCUT2D eigenvalue weighted by atomic mass is 16.6. The zero-order valence-corrected chi connectivity index (χ0v) is 15.4. The van der Waals surface area contributed by atoms with Crippen LogP contribution in [0, 0.1) is 0 Å². The molecule has 0 aliphatic rings. The van der Waals surface area contributed by atoms with Gasteiger partial charge in [-0.25, -0.2) is 9.59 Å². The molecule has 0 aromatic heterocycles. The van der Waals surface area contributed by atoms with Gasteiger partial charge in [0.2, 0.25) is 0 Å². The van der Waals surface area contributed by atoms with Crippen LogP contribution in [0.25, 0.3) is 0 Å². The minimum absolute atomic E-state index is 0.0909. The predicted octanol–water partition coefficient (Wildman–Crippen LogP) is 3.49. The normalized spacial score (nSPS) is 11.4. The number of carbonyl (C=O) groups excluding carboxylic acids is 4. The SMILES string of the molecule is CC(=O)c1ccc(C(=O)OCC(C)OC(=O)c2ccc(C(C)=O)cc2)cc1. The standard InChI is InChI=1S/C21H20O6/c1-13(27-21(25)19-10-6-17(7-11-19)15(3)23)12-26-20(24)18-8-4-16(5-9-18)14(2)22/h4-11,13H,12H2,1-3H3. The summed E-state index contributed by atoms with van der Waals surface area (Å²) < 4.78 is 10.4. The van der Waals surface area contributed by atoms with Gasteiger partial charge in [0.25, 0.3) is 0 Å². The number of ketones is 2. The van der Waals surface area contributed by atoms with Gasteiger partial charge in [-0.3, -0.25) is 9.59 Å². The lowest BCUT2D eigenvalue weighted by Gasteiger charge is -2.14.